The van der Waals surface area contributed by atoms with Crippen LogP contribution >= 0.6 is 0 Å². The summed E-state index contributed by atoms with van der Waals surface area (Å²) >= 11 is 0. The van der Waals surface area contributed by atoms with Crippen molar-refractivity contribution in [2.45, 2.75) is 45.4 Å². The van der Waals surface area contributed by atoms with Crippen molar-refractivity contribution in [3.05, 3.63) is 29.8 Å². The minimum atomic E-state index is 0.291. The van der Waals surface area contributed by atoms with Crippen LogP contribution in [0.1, 0.15) is 44.1 Å². The smallest absolute Gasteiger partial charge is 0.222 e. The molecule has 1 aromatic rings. The molecule has 1 amide bonds. The van der Waals surface area contributed by atoms with Crippen molar-refractivity contribution in [2.24, 2.45) is 0 Å². The van der Waals surface area contributed by atoms with E-state index in [0.717, 1.165) is 38.1 Å². The number of hydrogen-bond acceptors (Lipinski definition) is 2. The molecule has 3 nitrogen and oxygen atoms in total. The highest BCUT2D eigenvalue weighted by atomic mass is 16.5. The number of likely N-dealkylation sites (tertiary alicyclic amines) is 1. The molecule has 0 aromatic heterocycles. The molecule has 1 fully saturated rings. The van der Waals surface area contributed by atoms with Gasteiger partial charge in [-0.3, -0.25) is 4.79 Å². The van der Waals surface area contributed by atoms with Crippen molar-refractivity contribution in [1.82, 2.24) is 4.90 Å². The Bertz CT molecular complexity index is 406. The van der Waals surface area contributed by atoms with Crippen molar-refractivity contribution in [1.29, 1.82) is 0 Å². The molecule has 0 aliphatic carbocycles. The average Bonchev–Trinajstić information content (AvgIpc) is 2.74. The van der Waals surface area contributed by atoms with Crippen LogP contribution in [0.4, 0.5) is 0 Å². The number of carbonyl (C=O) groups excluding carboxylic acids is 1. The fourth-order valence-electron chi connectivity index (χ4n) is 2.53. The number of ether oxygens (including phenoxy) is 1. The Hall–Kier alpha value is -1.51. The van der Waals surface area contributed by atoms with E-state index in [2.05, 4.69) is 6.92 Å². The highest BCUT2D eigenvalue weighted by Crippen LogP contribution is 2.13. The lowest BCUT2D eigenvalue weighted by Gasteiger charge is -2.20. The van der Waals surface area contributed by atoms with Crippen molar-refractivity contribution in [3.8, 4) is 5.75 Å². The van der Waals surface area contributed by atoms with Gasteiger partial charge in [0.2, 0.25) is 5.91 Å². The van der Waals surface area contributed by atoms with Gasteiger partial charge in [0.1, 0.15) is 5.75 Å². The summed E-state index contributed by atoms with van der Waals surface area (Å²) in [5, 5.41) is 0. The van der Waals surface area contributed by atoms with Crippen LogP contribution in [-0.2, 0) is 4.79 Å². The normalized spacial score (nSPS) is 15.8. The van der Waals surface area contributed by atoms with E-state index in [4.69, 9.17) is 4.74 Å². The number of aryl methyl sites for hydroxylation is 1. The van der Waals surface area contributed by atoms with Crippen LogP contribution in [0.5, 0.6) is 5.75 Å². The lowest BCUT2D eigenvalue weighted by Crippen LogP contribution is -2.31. The molecule has 0 N–H and O–H groups in total. The van der Waals surface area contributed by atoms with E-state index >= 15 is 0 Å². The maximum absolute atomic E-state index is 12.1. The molecule has 110 valence electrons. The maximum atomic E-state index is 12.1. The summed E-state index contributed by atoms with van der Waals surface area (Å²) in [4.78, 5) is 14.1. The monoisotopic (exact) mass is 275 g/mol. The van der Waals surface area contributed by atoms with Gasteiger partial charge in [-0.15, -0.1) is 0 Å². The van der Waals surface area contributed by atoms with E-state index in [0.29, 0.717) is 18.9 Å². The summed E-state index contributed by atoms with van der Waals surface area (Å²) in [7, 11) is 0. The number of carbonyl (C=O) groups is 1. The first kappa shape index (κ1) is 14.9. The van der Waals surface area contributed by atoms with E-state index in [1.54, 1.807) is 0 Å². The van der Waals surface area contributed by atoms with Gasteiger partial charge in [-0.05, 0) is 38.3 Å². The van der Waals surface area contributed by atoms with Crippen LogP contribution in [0.25, 0.3) is 0 Å². The minimum absolute atomic E-state index is 0.291. The molecule has 1 saturated heterocycles. The van der Waals surface area contributed by atoms with Gasteiger partial charge in [-0.1, -0.05) is 30.5 Å². The molecular weight excluding hydrogens is 250 g/mol. The Morgan fingerprint density at radius 3 is 2.40 bits per heavy atom. The Labute approximate surface area is 121 Å². The predicted octanol–water partition coefficient (Wildman–Crippen LogP) is 3.56. The number of hydrogen-bond donors (Lipinski definition) is 0. The molecule has 1 aliphatic rings. The van der Waals surface area contributed by atoms with Crippen LogP contribution in [0.2, 0.25) is 0 Å². The van der Waals surface area contributed by atoms with Gasteiger partial charge in [0.25, 0.3) is 0 Å². The number of nitrogens with zero attached hydrogens (tertiary/aromatic N) is 1. The minimum Gasteiger partial charge on any atom is -0.494 e. The second-order valence-electron chi connectivity index (χ2n) is 5.56. The number of benzene rings is 1. The molecule has 2 rings (SSSR count). The summed E-state index contributed by atoms with van der Waals surface area (Å²) in [6.07, 6.45) is 6.24. The zero-order chi connectivity index (χ0) is 14.2. The fourth-order valence-corrected chi connectivity index (χ4v) is 2.53. The van der Waals surface area contributed by atoms with Gasteiger partial charge in [0.15, 0.2) is 0 Å². The molecular formula is C17H25NO2. The largest absolute Gasteiger partial charge is 0.494 e. The lowest BCUT2D eigenvalue weighted by molar-refractivity contribution is -0.131. The van der Waals surface area contributed by atoms with E-state index < -0.39 is 0 Å². The molecule has 1 heterocycles. The summed E-state index contributed by atoms with van der Waals surface area (Å²) in [5.74, 6) is 1.18. The summed E-state index contributed by atoms with van der Waals surface area (Å²) < 4.78 is 5.65. The van der Waals surface area contributed by atoms with E-state index in [-0.39, 0.29) is 0 Å². The van der Waals surface area contributed by atoms with E-state index in [1.807, 2.05) is 29.2 Å². The Morgan fingerprint density at radius 2 is 1.75 bits per heavy atom. The maximum Gasteiger partial charge on any atom is 0.222 e. The van der Waals surface area contributed by atoms with Crippen LogP contribution in [0.15, 0.2) is 24.3 Å². The number of rotatable bonds is 5. The standard InChI is InChI=1S/C17H25NO2/c1-15-8-10-16(11-9-15)20-14-6-7-17(19)18-12-4-2-3-5-13-18/h8-11H,2-7,12-14H2,1H3. The summed E-state index contributed by atoms with van der Waals surface area (Å²) in [5.41, 5.74) is 1.23. The summed E-state index contributed by atoms with van der Waals surface area (Å²) in [6, 6.07) is 8.04. The zero-order valence-electron chi connectivity index (χ0n) is 12.4. The van der Waals surface area contributed by atoms with Gasteiger partial charge >= 0.3 is 0 Å². The Kier molecular flexibility index (Phi) is 5.90. The van der Waals surface area contributed by atoms with E-state index in [1.165, 1.54) is 18.4 Å². The molecule has 1 aromatic carbocycles. The number of amides is 1. The van der Waals surface area contributed by atoms with Crippen LogP contribution in [-0.4, -0.2) is 30.5 Å². The fraction of sp³-hybridized carbons (Fsp3) is 0.588. The second-order valence-corrected chi connectivity index (χ2v) is 5.56. The third-order valence-electron chi connectivity index (χ3n) is 3.78. The predicted molar refractivity (Wildman–Crippen MR) is 81.0 cm³/mol. The zero-order valence-corrected chi connectivity index (χ0v) is 12.4. The Balaban J connectivity index is 1.64. The first-order chi connectivity index (χ1) is 9.75. The van der Waals surface area contributed by atoms with Crippen molar-refractivity contribution in [2.75, 3.05) is 19.7 Å². The highest BCUT2D eigenvalue weighted by molar-refractivity contribution is 5.76. The highest BCUT2D eigenvalue weighted by Gasteiger charge is 2.14. The van der Waals surface area contributed by atoms with Gasteiger partial charge in [0.05, 0.1) is 6.61 Å². The van der Waals surface area contributed by atoms with Gasteiger partial charge < -0.3 is 9.64 Å². The third-order valence-corrected chi connectivity index (χ3v) is 3.78. The SMILES string of the molecule is Cc1ccc(OCCCC(=O)N2CCCCCC2)cc1. The first-order valence-electron chi connectivity index (χ1n) is 7.73. The second kappa shape index (κ2) is 7.93. The molecule has 20 heavy (non-hydrogen) atoms. The van der Waals surface area contributed by atoms with Crippen LogP contribution in [0.3, 0.4) is 0 Å². The third kappa shape index (κ3) is 4.87. The first-order valence-corrected chi connectivity index (χ1v) is 7.73. The van der Waals surface area contributed by atoms with Crippen molar-refractivity contribution >= 4 is 5.91 Å². The van der Waals surface area contributed by atoms with Gasteiger partial charge in [-0.2, -0.15) is 0 Å². The summed E-state index contributed by atoms with van der Waals surface area (Å²) in [6.45, 7) is 4.56. The van der Waals surface area contributed by atoms with Crippen molar-refractivity contribution < 1.29 is 9.53 Å². The van der Waals surface area contributed by atoms with Crippen LogP contribution < -0.4 is 4.74 Å². The quantitative estimate of drug-likeness (QED) is 0.769. The van der Waals surface area contributed by atoms with Crippen LogP contribution in [0, 0.1) is 6.92 Å². The molecule has 0 atom stereocenters. The molecule has 0 spiro atoms. The molecule has 3 heteroatoms. The topological polar surface area (TPSA) is 29.5 Å². The average molecular weight is 275 g/mol. The van der Waals surface area contributed by atoms with Gasteiger partial charge in [-0.25, -0.2) is 0 Å². The lowest BCUT2D eigenvalue weighted by atomic mass is 10.2. The van der Waals surface area contributed by atoms with Gasteiger partial charge in [0, 0.05) is 19.5 Å². The molecule has 0 bridgehead atoms. The molecule has 0 unspecified atom stereocenters. The molecule has 0 saturated carbocycles. The van der Waals surface area contributed by atoms with E-state index in [9.17, 15) is 4.79 Å². The molecule has 1 aliphatic heterocycles. The molecule has 0 radical (unpaired) electrons. The Morgan fingerprint density at radius 1 is 1.10 bits per heavy atom. The van der Waals surface area contributed by atoms with Crippen molar-refractivity contribution in [3.63, 3.8) is 0 Å².